The number of nitrogen functional groups attached to an aromatic ring is 1. The fourth-order valence-corrected chi connectivity index (χ4v) is 2.88. The van der Waals surface area contributed by atoms with E-state index in [2.05, 4.69) is 10.3 Å². The molecule has 0 aliphatic carbocycles. The van der Waals surface area contributed by atoms with Crippen molar-refractivity contribution in [3.8, 4) is 0 Å². The summed E-state index contributed by atoms with van der Waals surface area (Å²) in [6.45, 7) is 4.26. The second-order valence-electron chi connectivity index (χ2n) is 4.48. The Hall–Kier alpha value is -1.66. The summed E-state index contributed by atoms with van der Waals surface area (Å²) in [6.07, 6.45) is 0. The molecule has 2 rings (SSSR count). The number of fused-ring (bicyclic) bond motifs is 1. The highest BCUT2D eigenvalue weighted by Crippen LogP contribution is 2.32. The van der Waals surface area contributed by atoms with Crippen LogP contribution in [0.4, 0.5) is 5.69 Å². The van der Waals surface area contributed by atoms with Crippen molar-refractivity contribution in [2.45, 2.75) is 19.9 Å². The third kappa shape index (κ3) is 2.85. The Labute approximate surface area is 115 Å². The van der Waals surface area contributed by atoms with Gasteiger partial charge in [0.2, 0.25) is 0 Å². The van der Waals surface area contributed by atoms with Crippen LogP contribution in [0.2, 0.25) is 0 Å². The van der Waals surface area contributed by atoms with Crippen LogP contribution in [-0.4, -0.2) is 30.6 Å². The fraction of sp³-hybridized carbons (Fsp3) is 0.385. The Morgan fingerprint density at radius 1 is 1.58 bits per heavy atom. The summed E-state index contributed by atoms with van der Waals surface area (Å²) >= 11 is 1.32. The predicted octanol–water partition coefficient (Wildman–Crippen LogP) is 1.95. The minimum atomic E-state index is -0.178. The normalized spacial score (nSPS) is 12.6. The van der Waals surface area contributed by atoms with E-state index in [-0.39, 0.29) is 11.9 Å². The van der Waals surface area contributed by atoms with Crippen molar-refractivity contribution < 1.29 is 9.53 Å². The first-order valence-corrected chi connectivity index (χ1v) is 6.80. The molecular formula is C13H17N3O2S. The van der Waals surface area contributed by atoms with E-state index in [1.54, 1.807) is 7.11 Å². The molecule has 2 aromatic heterocycles. The minimum absolute atomic E-state index is 0.0585. The first-order valence-electron chi connectivity index (χ1n) is 5.98. The summed E-state index contributed by atoms with van der Waals surface area (Å²) in [5.41, 5.74) is 7.42. The van der Waals surface area contributed by atoms with Gasteiger partial charge in [0.05, 0.1) is 12.3 Å². The predicted molar refractivity (Wildman–Crippen MR) is 77.6 cm³/mol. The fourth-order valence-electron chi connectivity index (χ4n) is 1.84. The number of nitrogens with one attached hydrogen (secondary N) is 1. The SMILES string of the molecule is COCC(C)NC(=O)c1sc2nc(C)ccc2c1N. The van der Waals surface area contributed by atoms with Gasteiger partial charge in [0.15, 0.2) is 0 Å². The molecule has 0 fully saturated rings. The van der Waals surface area contributed by atoms with Crippen molar-refractivity contribution in [2.24, 2.45) is 0 Å². The summed E-state index contributed by atoms with van der Waals surface area (Å²) < 4.78 is 4.99. The van der Waals surface area contributed by atoms with Crippen LogP contribution in [0.15, 0.2) is 12.1 Å². The second kappa shape index (κ2) is 5.54. The van der Waals surface area contributed by atoms with Crippen molar-refractivity contribution >= 4 is 33.1 Å². The third-order valence-electron chi connectivity index (χ3n) is 2.73. The number of nitrogens with two attached hydrogens (primary N) is 1. The summed E-state index contributed by atoms with van der Waals surface area (Å²) in [7, 11) is 1.60. The number of methoxy groups -OCH3 is 1. The highest BCUT2D eigenvalue weighted by atomic mass is 32.1. The Morgan fingerprint density at radius 3 is 3.00 bits per heavy atom. The van der Waals surface area contributed by atoms with Gasteiger partial charge < -0.3 is 15.8 Å². The number of thiophene rings is 1. The summed E-state index contributed by atoms with van der Waals surface area (Å²) in [5.74, 6) is -0.178. The summed E-state index contributed by atoms with van der Waals surface area (Å²) in [4.78, 5) is 17.8. The molecule has 0 bridgehead atoms. The molecule has 1 amide bonds. The number of pyridine rings is 1. The number of aromatic nitrogens is 1. The standard InChI is InChI=1S/C13H17N3O2S/c1-7-4-5-9-10(14)11(19-13(9)16-7)12(17)15-8(2)6-18-3/h4-5,8H,6,14H2,1-3H3,(H,15,17). The highest BCUT2D eigenvalue weighted by molar-refractivity contribution is 7.21. The van der Waals surface area contributed by atoms with Gasteiger partial charge in [0, 0.05) is 24.2 Å². The number of hydrogen-bond acceptors (Lipinski definition) is 5. The quantitative estimate of drug-likeness (QED) is 0.896. The van der Waals surface area contributed by atoms with E-state index < -0.39 is 0 Å². The Kier molecular flexibility index (Phi) is 4.01. The lowest BCUT2D eigenvalue weighted by atomic mass is 10.2. The molecule has 1 unspecified atom stereocenters. The number of hydrogen-bond donors (Lipinski definition) is 2. The number of amides is 1. The van der Waals surface area contributed by atoms with Gasteiger partial charge in [-0.3, -0.25) is 4.79 Å². The molecular weight excluding hydrogens is 262 g/mol. The molecule has 6 heteroatoms. The molecule has 19 heavy (non-hydrogen) atoms. The Morgan fingerprint density at radius 2 is 2.32 bits per heavy atom. The number of nitrogens with zero attached hydrogens (tertiary/aromatic N) is 1. The lowest BCUT2D eigenvalue weighted by Crippen LogP contribution is -2.35. The van der Waals surface area contributed by atoms with Crippen LogP contribution in [0.3, 0.4) is 0 Å². The molecule has 0 saturated carbocycles. The molecule has 0 spiro atoms. The molecule has 1 atom stereocenters. The molecule has 3 N–H and O–H groups in total. The van der Waals surface area contributed by atoms with E-state index in [4.69, 9.17) is 10.5 Å². The monoisotopic (exact) mass is 279 g/mol. The molecule has 5 nitrogen and oxygen atoms in total. The van der Waals surface area contributed by atoms with E-state index in [0.717, 1.165) is 15.9 Å². The zero-order chi connectivity index (χ0) is 14.0. The molecule has 0 saturated heterocycles. The van der Waals surface area contributed by atoms with E-state index in [1.807, 2.05) is 26.0 Å². The van der Waals surface area contributed by atoms with E-state index in [1.165, 1.54) is 11.3 Å². The first kappa shape index (κ1) is 13.8. The molecule has 0 aliphatic rings. The van der Waals surface area contributed by atoms with Crippen LogP contribution >= 0.6 is 11.3 Å². The molecule has 2 aromatic rings. The molecule has 2 heterocycles. The summed E-state index contributed by atoms with van der Waals surface area (Å²) in [6, 6.07) is 3.73. The highest BCUT2D eigenvalue weighted by Gasteiger charge is 2.18. The Bertz CT molecular complexity index is 609. The van der Waals surface area contributed by atoms with Crippen LogP contribution in [0.1, 0.15) is 22.3 Å². The molecule has 0 aromatic carbocycles. The van der Waals surface area contributed by atoms with Crippen LogP contribution in [0, 0.1) is 6.92 Å². The van der Waals surface area contributed by atoms with Gasteiger partial charge >= 0.3 is 0 Å². The minimum Gasteiger partial charge on any atom is -0.397 e. The second-order valence-corrected chi connectivity index (χ2v) is 5.48. The number of carbonyl (C=O) groups excluding carboxylic acids is 1. The maximum atomic E-state index is 12.1. The third-order valence-corrected chi connectivity index (χ3v) is 3.85. The zero-order valence-electron chi connectivity index (χ0n) is 11.2. The molecule has 0 radical (unpaired) electrons. The van der Waals surface area contributed by atoms with Crippen molar-refractivity contribution in [1.82, 2.24) is 10.3 Å². The number of anilines is 1. The van der Waals surface area contributed by atoms with Gasteiger partial charge in [0.1, 0.15) is 9.71 Å². The van der Waals surface area contributed by atoms with Crippen LogP contribution in [0.25, 0.3) is 10.2 Å². The molecule has 102 valence electrons. The van der Waals surface area contributed by atoms with Crippen LogP contribution in [-0.2, 0) is 4.74 Å². The van der Waals surface area contributed by atoms with Gasteiger partial charge in [-0.2, -0.15) is 0 Å². The lowest BCUT2D eigenvalue weighted by Gasteiger charge is -2.11. The van der Waals surface area contributed by atoms with E-state index in [0.29, 0.717) is 17.2 Å². The maximum Gasteiger partial charge on any atom is 0.263 e. The number of aryl methyl sites for hydroxylation is 1. The number of ether oxygens (including phenoxy) is 1. The number of rotatable bonds is 4. The van der Waals surface area contributed by atoms with E-state index >= 15 is 0 Å². The van der Waals surface area contributed by atoms with Crippen molar-refractivity contribution in [3.63, 3.8) is 0 Å². The van der Waals surface area contributed by atoms with Gasteiger partial charge in [-0.1, -0.05) is 0 Å². The van der Waals surface area contributed by atoms with Gasteiger partial charge in [0.25, 0.3) is 5.91 Å². The Balaban J connectivity index is 2.29. The lowest BCUT2D eigenvalue weighted by molar-refractivity contribution is 0.0910. The zero-order valence-corrected chi connectivity index (χ0v) is 12.0. The van der Waals surface area contributed by atoms with Crippen LogP contribution in [0.5, 0.6) is 0 Å². The largest absolute Gasteiger partial charge is 0.397 e. The van der Waals surface area contributed by atoms with Crippen molar-refractivity contribution in [1.29, 1.82) is 0 Å². The topological polar surface area (TPSA) is 77.2 Å². The van der Waals surface area contributed by atoms with Gasteiger partial charge in [-0.05, 0) is 26.0 Å². The number of carbonyl (C=O) groups is 1. The van der Waals surface area contributed by atoms with Crippen molar-refractivity contribution in [2.75, 3.05) is 19.5 Å². The summed E-state index contributed by atoms with van der Waals surface area (Å²) in [5, 5.41) is 3.69. The average Bonchev–Trinajstić information content (AvgIpc) is 2.66. The first-order chi connectivity index (χ1) is 9.02. The van der Waals surface area contributed by atoms with Crippen LogP contribution < -0.4 is 11.1 Å². The van der Waals surface area contributed by atoms with Gasteiger partial charge in [-0.15, -0.1) is 11.3 Å². The maximum absolute atomic E-state index is 12.1. The average molecular weight is 279 g/mol. The van der Waals surface area contributed by atoms with Gasteiger partial charge in [-0.25, -0.2) is 4.98 Å². The van der Waals surface area contributed by atoms with Crippen molar-refractivity contribution in [3.05, 3.63) is 22.7 Å². The molecule has 0 aliphatic heterocycles. The van der Waals surface area contributed by atoms with E-state index in [9.17, 15) is 4.79 Å². The smallest absolute Gasteiger partial charge is 0.263 e.